The van der Waals surface area contributed by atoms with Gasteiger partial charge < -0.3 is 9.15 Å². The number of morpholine rings is 1. The fraction of sp³-hybridized carbons (Fsp3) is 0.350. The summed E-state index contributed by atoms with van der Waals surface area (Å²) in [5, 5.41) is 12.3. The minimum atomic E-state index is -3.67. The van der Waals surface area contributed by atoms with Crippen LogP contribution >= 0.6 is 11.3 Å². The van der Waals surface area contributed by atoms with E-state index in [0.717, 1.165) is 4.88 Å². The van der Waals surface area contributed by atoms with E-state index in [1.807, 2.05) is 31.4 Å². The Bertz CT molecular complexity index is 1130. The number of anilines is 1. The molecule has 4 rings (SSSR count). The maximum atomic E-state index is 12.9. The Morgan fingerprint density at radius 1 is 1.16 bits per heavy atom. The molecule has 1 saturated heterocycles. The molecule has 2 atom stereocenters. The van der Waals surface area contributed by atoms with Gasteiger partial charge in [-0.3, -0.25) is 10.1 Å². The van der Waals surface area contributed by atoms with Crippen LogP contribution < -0.4 is 5.32 Å². The monoisotopic (exact) mass is 462 g/mol. The Morgan fingerprint density at radius 3 is 2.52 bits per heavy atom. The molecule has 2 unspecified atom stereocenters. The zero-order valence-electron chi connectivity index (χ0n) is 17.0. The lowest BCUT2D eigenvalue weighted by Crippen LogP contribution is -2.48. The second-order valence-corrected chi connectivity index (χ2v) is 10.3. The maximum Gasteiger partial charge on any atom is 0.322 e. The molecule has 11 heteroatoms. The molecule has 3 aromatic rings. The van der Waals surface area contributed by atoms with Crippen molar-refractivity contribution in [2.75, 3.05) is 18.4 Å². The van der Waals surface area contributed by atoms with Gasteiger partial charge in [-0.2, -0.15) is 4.31 Å². The lowest BCUT2D eigenvalue weighted by molar-refractivity contribution is -0.0440. The fourth-order valence-electron chi connectivity index (χ4n) is 3.36. The molecule has 1 aromatic carbocycles. The van der Waals surface area contributed by atoms with E-state index in [-0.39, 0.29) is 28.7 Å². The number of nitrogens with one attached hydrogen (secondary N) is 1. The van der Waals surface area contributed by atoms with Gasteiger partial charge in [0.05, 0.1) is 23.5 Å². The molecule has 0 spiro atoms. The molecule has 3 heterocycles. The number of carbonyl (C=O) groups is 1. The zero-order valence-corrected chi connectivity index (χ0v) is 18.6. The van der Waals surface area contributed by atoms with Crippen LogP contribution in [0, 0.1) is 0 Å². The van der Waals surface area contributed by atoms with Crippen LogP contribution in [0.5, 0.6) is 0 Å². The summed E-state index contributed by atoms with van der Waals surface area (Å²) >= 11 is 1.58. The molecular weight excluding hydrogens is 440 g/mol. The van der Waals surface area contributed by atoms with Crippen molar-refractivity contribution in [3.05, 3.63) is 58.1 Å². The lowest BCUT2D eigenvalue weighted by Gasteiger charge is -2.34. The number of ether oxygens (including phenoxy) is 1. The molecule has 0 bridgehead atoms. The molecule has 1 N–H and O–H groups in total. The maximum absolute atomic E-state index is 12.9. The van der Waals surface area contributed by atoms with Crippen molar-refractivity contribution in [1.82, 2.24) is 14.5 Å². The van der Waals surface area contributed by atoms with Crippen LogP contribution in [0.15, 0.2) is 51.1 Å². The van der Waals surface area contributed by atoms with Gasteiger partial charge in [-0.15, -0.1) is 16.4 Å². The lowest BCUT2D eigenvalue weighted by atomic mass is 10.2. The highest BCUT2D eigenvalue weighted by molar-refractivity contribution is 7.89. The highest BCUT2D eigenvalue weighted by atomic mass is 32.2. The molecule has 1 amide bonds. The second-order valence-electron chi connectivity index (χ2n) is 7.31. The summed E-state index contributed by atoms with van der Waals surface area (Å²) in [6, 6.07) is 9.64. The Hall–Kier alpha value is -2.60. The number of amides is 1. The highest BCUT2D eigenvalue weighted by Gasteiger charge is 2.32. The molecule has 31 heavy (non-hydrogen) atoms. The van der Waals surface area contributed by atoms with Gasteiger partial charge in [0, 0.05) is 23.5 Å². The second kappa shape index (κ2) is 8.87. The van der Waals surface area contributed by atoms with Gasteiger partial charge in [-0.1, -0.05) is 11.2 Å². The summed E-state index contributed by atoms with van der Waals surface area (Å²) in [5.74, 6) is -0.0722. The summed E-state index contributed by atoms with van der Waals surface area (Å²) in [4.78, 5) is 13.7. The molecule has 1 fully saturated rings. The van der Waals surface area contributed by atoms with E-state index in [9.17, 15) is 13.2 Å². The summed E-state index contributed by atoms with van der Waals surface area (Å²) in [5.41, 5.74) is 0.278. The van der Waals surface area contributed by atoms with Gasteiger partial charge in [0.15, 0.2) is 0 Å². The summed E-state index contributed by atoms with van der Waals surface area (Å²) in [6.07, 6.45) is 0.136. The summed E-state index contributed by atoms with van der Waals surface area (Å²) < 4.78 is 38.3. The van der Waals surface area contributed by atoms with Crippen LogP contribution in [0.3, 0.4) is 0 Å². The molecular formula is C20H22N4O5S2. The Kier molecular flexibility index (Phi) is 6.19. The van der Waals surface area contributed by atoms with E-state index >= 15 is 0 Å². The average Bonchev–Trinajstić information content (AvgIpc) is 3.40. The van der Waals surface area contributed by atoms with E-state index in [4.69, 9.17) is 9.15 Å². The van der Waals surface area contributed by atoms with Gasteiger partial charge in [0.1, 0.15) is 0 Å². The number of sulfonamides is 1. The molecule has 0 saturated carbocycles. The van der Waals surface area contributed by atoms with Gasteiger partial charge in [0.25, 0.3) is 5.91 Å². The topological polar surface area (TPSA) is 115 Å². The standard InChI is InChI=1S/C20H22N4O5S2/c1-13-11-24(12-14(2)28-13)31(26,27)17-7-5-15(6-8-17)19(25)21-20-23-22-18(29-20)10-16-4-3-9-30-16/h3-9,13-14H,10-12H2,1-2H3,(H,21,23,25). The first-order chi connectivity index (χ1) is 14.8. The van der Waals surface area contributed by atoms with Gasteiger partial charge in [-0.25, -0.2) is 8.42 Å². The first kappa shape index (κ1) is 21.6. The third kappa shape index (κ3) is 5.01. The van der Waals surface area contributed by atoms with Crippen LogP contribution in [0.1, 0.15) is 35.0 Å². The normalized spacial score (nSPS) is 19.9. The predicted molar refractivity (Wildman–Crippen MR) is 115 cm³/mol. The van der Waals surface area contributed by atoms with Crippen molar-refractivity contribution in [3.63, 3.8) is 0 Å². The van der Waals surface area contributed by atoms with Crippen molar-refractivity contribution >= 4 is 33.3 Å². The first-order valence-corrected chi connectivity index (χ1v) is 12.0. The van der Waals surface area contributed by atoms with Gasteiger partial charge in [-0.05, 0) is 49.6 Å². The van der Waals surface area contributed by atoms with Gasteiger partial charge in [0.2, 0.25) is 15.9 Å². The highest BCUT2D eigenvalue weighted by Crippen LogP contribution is 2.22. The van der Waals surface area contributed by atoms with E-state index in [0.29, 0.717) is 25.4 Å². The van der Waals surface area contributed by atoms with Crippen molar-refractivity contribution in [1.29, 1.82) is 0 Å². The third-order valence-electron chi connectivity index (χ3n) is 4.73. The van der Waals surface area contributed by atoms with Crippen LogP contribution in [0.2, 0.25) is 0 Å². The Morgan fingerprint density at radius 2 is 1.87 bits per heavy atom. The minimum Gasteiger partial charge on any atom is -0.407 e. The number of nitrogens with zero attached hydrogens (tertiary/aromatic N) is 3. The average molecular weight is 463 g/mol. The van der Waals surface area contributed by atoms with Gasteiger partial charge >= 0.3 is 6.01 Å². The number of hydrogen-bond acceptors (Lipinski definition) is 8. The van der Waals surface area contributed by atoms with Crippen LogP contribution in [-0.4, -0.2) is 54.1 Å². The van der Waals surface area contributed by atoms with Crippen LogP contribution in [0.4, 0.5) is 6.01 Å². The number of carbonyl (C=O) groups excluding carboxylic acids is 1. The molecule has 2 aromatic heterocycles. The van der Waals surface area contributed by atoms with Crippen LogP contribution in [-0.2, 0) is 21.2 Å². The molecule has 1 aliphatic heterocycles. The SMILES string of the molecule is CC1CN(S(=O)(=O)c2ccc(C(=O)Nc3nnc(Cc4cccs4)o3)cc2)CC(C)O1. The molecule has 1 aliphatic rings. The Labute approximate surface area is 184 Å². The predicted octanol–water partition coefficient (Wildman–Crippen LogP) is 2.77. The van der Waals surface area contributed by atoms with Crippen molar-refractivity contribution < 1.29 is 22.4 Å². The largest absolute Gasteiger partial charge is 0.407 e. The Balaban J connectivity index is 1.42. The van der Waals surface area contributed by atoms with Crippen molar-refractivity contribution in [2.24, 2.45) is 0 Å². The van der Waals surface area contributed by atoms with Crippen molar-refractivity contribution in [3.8, 4) is 0 Å². The number of aromatic nitrogens is 2. The third-order valence-corrected chi connectivity index (χ3v) is 7.46. The first-order valence-electron chi connectivity index (χ1n) is 9.73. The summed E-state index contributed by atoms with van der Waals surface area (Å²) in [7, 11) is -3.67. The minimum absolute atomic E-state index is 0.00968. The van der Waals surface area contributed by atoms with E-state index in [2.05, 4.69) is 15.5 Å². The number of thiophene rings is 1. The molecule has 0 aliphatic carbocycles. The van der Waals surface area contributed by atoms with E-state index < -0.39 is 15.9 Å². The number of benzene rings is 1. The van der Waals surface area contributed by atoms with Crippen LogP contribution in [0.25, 0.3) is 0 Å². The van der Waals surface area contributed by atoms with E-state index in [1.165, 1.54) is 28.6 Å². The zero-order chi connectivity index (χ0) is 22.0. The van der Waals surface area contributed by atoms with E-state index in [1.54, 1.807) is 11.3 Å². The molecule has 164 valence electrons. The van der Waals surface area contributed by atoms with Crippen molar-refractivity contribution in [2.45, 2.75) is 37.4 Å². The molecule has 9 nitrogen and oxygen atoms in total. The fourth-order valence-corrected chi connectivity index (χ4v) is 5.65. The quantitative estimate of drug-likeness (QED) is 0.599. The smallest absolute Gasteiger partial charge is 0.322 e. The summed E-state index contributed by atoms with van der Waals surface area (Å²) in [6.45, 7) is 4.27. The molecule has 0 radical (unpaired) electrons. The number of rotatable bonds is 6. The number of hydrogen-bond donors (Lipinski definition) is 1.